The van der Waals surface area contributed by atoms with Crippen molar-refractivity contribution in [2.45, 2.75) is 54.4 Å². The predicted molar refractivity (Wildman–Crippen MR) is 102 cm³/mol. The molecule has 0 amide bonds. The Labute approximate surface area is 162 Å². The van der Waals surface area contributed by atoms with Gasteiger partial charge in [-0.2, -0.15) is 12.2 Å². The van der Waals surface area contributed by atoms with Gasteiger partial charge in [0.15, 0.2) is 0 Å². The molecule has 0 heterocycles. The smallest absolute Gasteiger partial charge is 0.147 e. The van der Waals surface area contributed by atoms with Crippen LogP contribution in [-0.4, -0.2) is 3.81 Å². The monoisotopic (exact) mass is 376 g/mol. The number of allylic oxidation sites excluding steroid dienone is 8. The average Bonchev–Trinajstić information content (AvgIpc) is 2.97. The molecule has 0 N–H and O–H groups in total. The molecule has 0 aromatic carbocycles. The Hall–Kier alpha value is 0.124. The predicted octanol–water partition coefficient (Wildman–Crippen LogP) is 6.25. The fraction of sp³-hybridized carbons (Fsp3) is 0.526. The van der Waals surface area contributed by atoms with Crippen molar-refractivity contribution in [3.63, 3.8) is 0 Å². The molecule has 2 unspecified atom stereocenters. The molecule has 0 bridgehead atoms. The summed E-state index contributed by atoms with van der Waals surface area (Å²) in [6.45, 7) is 12.8. The van der Waals surface area contributed by atoms with Gasteiger partial charge in [-0.15, -0.1) is 24.8 Å². The van der Waals surface area contributed by atoms with Crippen molar-refractivity contribution in [1.82, 2.24) is 0 Å². The Bertz CT molecular complexity index is 379. The van der Waals surface area contributed by atoms with Crippen molar-refractivity contribution in [3.8, 4) is 0 Å². The standard InChI is InChI=1S/2C8H11.C3H6.2ClH.Ti/c2*1-3-8-5-4-7(2)6-8;1-3-2;;;/h2*5-7H,3H2,1-2H3;1-2H3;2*1H;/q2*-1;;;;+2. The summed E-state index contributed by atoms with van der Waals surface area (Å²) in [5.74, 6) is 1.12. The summed E-state index contributed by atoms with van der Waals surface area (Å²) in [7, 11) is 0. The van der Waals surface area contributed by atoms with Gasteiger partial charge in [0.25, 0.3) is 0 Å². The van der Waals surface area contributed by atoms with Gasteiger partial charge in [0, 0.05) is 0 Å². The zero-order valence-electron chi connectivity index (χ0n) is 14.7. The minimum Gasteiger partial charge on any atom is -0.147 e. The zero-order valence-corrected chi connectivity index (χ0v) is 17.9. The number of hydrogen-bond donors (Lipinski definition) is 0. The van der Waals surface area contributed by atoms with Crippen LogP contribution < -0.4 is 0 Å². The van der Waals surface area contributed by atoms with Crippen LogP contribution in [0.2, 0.25) is 0 Å². The topological polar surface area (TPSA) is 0 Å². The first kappa shape index (κ1) is 27.0. The Kier molecular flexibility index (Phi) is 19.6. The molecule has 0 saturated carbocycles. The Morgan fingerprint density at radius 2 is 1.18 bits per heavy atom. The van der Waals surface area contributed by atoms with Crippen LogP contribution in [0.4, 0.5) is 0 Å². The van der Waals surface area contributed by atoms with Crippen molar-refractivity contribution in [2.24, 2.45) is 11.8 Å². The number of hydrogen-bond acceptors (Lipinski definition) is 0. The molecule has 0 spiro atoms. The third-order valence-corrected chi connectivity index (χ3v) is 2.81. The molecule has 2 aliphatic carbocycles. The summed E-state index contributed by atoms with van der Waals surface area (Å²) in [4.78, 5) is 0. The van der Waals surface area contributed by atoms with Gasteiger partial charge in [-0.3, -0.25) is 12.2 Å². The number of rotatable bonds is 2. The Morgan fingerprint density at radius 1 is 0.909 bits per heavy atom. The van der Waals surface area contributed by atoms with Crippen LogP contribution in [0, 0.1) is 24.0 Å². The third kappa shape index (κ3) is 15.0. The van der Waals surface area contributed by atoms with Crippen LogP contribution in [0.1, 0.15) is 54.4 Å². The first-order valence-electron chi connectivity index (χ1n) is 7.50. The van der Waals surface area contributed by atoms with Crippen LogP contribution in [-0.2, 0) is 20.0 Å². The van der Waals surface area contributed by atoms with E-state index in [0.717, 1.165) is 12.8 Å². The van der Waals surface area contributed by atoms with E-state index in [0.29, 0.717) is 11.8 Å². The van der Waals surface area contributed by atoms with E-state index in [4.69, 9.17) is 0 Å². The summed E-state index contributed by atoms with van der Waals surface area (Å²) < 4.78 is 1.42. The van der Waals surface area contributed by atoms with Crippen LogP contribution in [0.25, 0.3) is 0 Å². The minimum atomic E-state index is 0. The van der Waals surface area contributed by atoms with Crippen molar-refractivity contribution < 1.29 is 20.0 Å². The van der Waals surface area contributed by atoms with Crippen LogP contribution >= 0.6 is 24.8 Å². The fourth-order valence-electron chi connectivity index (χ4n) is 1.75. The molecule has 0 aliphatic heterocycles. The summed E-state index contributed by atoms with van der Waals surface area (Å²) >= 11 is 2.08. The van der Waals surface area contributed by atoms with Crippen molar-refractivity contribution in [1.29, 1.82) is 0 Å². The molecule has 124 valence electrons. The van der Waals surface area contributed by atoms with Crippen molar-refractivity contribution in [2.75, 3.05) is 0 Å². The maximum atomic E-state index is 3.20. The SMILES string of the molecule is CCC1=CC(C)[C-]=C1.CCC1=CC(C)[C-]=C1.C[C](C)=[Ti+2].Cl.Cl. The van der Waals surface area contributed by atoms with Crippen molar-refractivity contribution >= 4 is 28.6 Å². The van der Waals surface area contributed by atoms with Crippen LogP contribution in [0.3, 0.4) is 0 Å². The molecule has 0 radical (unpaired) electrons. The molecule has 2 aliphatic rings. The van der Waals surface area contributed by atoms with E-state index in [2.05, 4.69) is 98.0 Å². The second-order valence-corrected chi connectivity index (χ2v) is 6.95. The van der Waals surface area contributed by atoms with Gasteiger partial charge < -0.3 is 0 Å². The van der Waals surface area contributed by atoms with Gasteiger partial charge in [-0.1, -0.05) is 52.4 Å². The van der Waals surface area contributed by atoms with Gasteiger partial charge in [0.2, 0.25) is 0 Å². The second kappa shape index (κ2) is 16.0. The quantitative estimate of drug-likeness (QED) is 0.394. The molecule has 22 heavy (non-hydrogen) atoms. The molecule has 2 atom stereocenters. The molecule has 0 saturated heterocycles. The van der Waals surface area contributed by atoms with E-state index in [1.54, 1.807) is 0 Å². The van der Waals surface area contributed by atoms with E-state index in [-0.39, 0.29) is 24.8 Å². The summed E-state index contributed by atoms with van der Waals surface area (Å²) in [6.07, 6.45) is 17.4. The van der Waals surface area contributed by atoms with E-state index in [1.165, 1.54) is 15.0 Å². The summed E-state index contributed by atoms with van der Waals surface area (Å²) in [5.41, 5.74) is 2.86. The van der Waals surface area contributed by atoms with Gasteiger partial charge in [-0.25, -0.2) is 23.3 Å². The largest absolute Gasteiger partial charge is 0.147 e. The molecular formula is C19H30Cl2Ti. The first-order chi connectivity index (χ1) is 9.38. The molecule has 0 nitrogen and oxygen atoms in total. The minimum absolute atomic E-state index is 0. The maximum absolute atomic E-state index is 3.20. The van der Waals surface area contributed by atoms with Gasteiger partial charge in [0.1, 0.15) is 0 Å². The second-order valence-electron chi connectivity index (χ2n) is 5.39. The summed E-state index contributed by atoms with van der Waals surface area (Å²) in [5, 5.41) is 0. The van der Waals surface area contributed by atoms with E-state index < -0.39 is 0 Å². The molecular weight excluding hydrogens is 347 g/mol. The molecule has 0 aromatic heterocycles. The number of halogens is 2. The van der Waals surface area contributed by atoms with Gasteiger partial charge in [0.05, 0.1) is 0 Å². The average molecular weight is 377 g/mol. The van der Waals surface area contributed by atoms with Crippen molar-refractivity contribution in [3.05, 3.63) is 47.6 Å². The van der Waals surface area contributed by atoms with E-state index >= 15 is 0 Å². The summed E-state index contributed by atoms with van der Waals surface area (Å²) in [6, 6.07) is 0. The first-order valence-corrected chi connectivity index (χ1v) is 8.28. The maximum Gasteiger partial charge on any atom is -0.147 e. The Balaban J connectivity index is -0.000000249. The third-order valence-electron chi connectivity index (χ3n) is 2.81. The fourth-order valence-corrected chi connectivity index (χ4v) is 1.75. The van der Waals surface area contributed by atoms with E-state index in [9.17, 15) is 0 Å². The van der Waals surface area contributed by atoms with Gasteiger partial charge in [-0.05, 0) is 0 Å². The Morgan fingerprint density at radius 3 is 1.27 bits per heavy atom. The zero-order chi connectivity index (χ0) is 15.5. The van der Waals surface area contributed by atoms with Gasteiger partial charge >= 0.3 is 37.6 Å². The molecule has 0 aromatic rings. The van der Waals surface area contributed by atoms with E-state index in [1.807, 2.05) is 0 Å². The molecule has 3 heteroatoms. The normalized spacial score (nSPS) is 20.4. The molecule has 0 fully saturated rings. The van der Waals surface area contributed by atoms with Crippen LogP contribution in [0.5, 0.6) is 0 Å². The van der Waals surface area contributed by atoms with Crippen LogP contribution in [0.15, 0.2) is 35.5 Å². The molecule has 2 rings (SSSR count).